The average molecular weight is 294 g/mol. The molecule has 2 rings (SSSR count). The Morgan fingerprint density at radius 2 is 1.36 bits per heavy atom. The molecule has 0 spiro atoms. The largest absolute Gasteiger partial charge is 0.289 e. The van der Waals surface area contributed by atoms with Crippen LogP contribution in [0.2, 0.25) is 0 Å². The van der Waals surface area contributed by atoms with E-state index < -0.39 is 0 Å². The summed E-state index contributed by atoms with van der Waals surface area (Å²) in [5.41, 5.74) is 4.20. The van der Waals surface area contributed by atoms with Gasteiger partial charge in [0, 0.05) is 11.1 Å². The van der Waals surface area contributed by atoms with Crippen LogP contribution in [0.15, 0.2) is 48.5 Å². The fraction of sp³-hybridized carbons (Fsp3) is 0.381. The van der Waals surface area contributed by atoms with Gasteiger partial charge in [0.2, 0.25) is 0 Å². The first-order chi connectivity index (χ1) is 10.4. The number of unbranched alkanes of at least 4 members (excludes halogenated alkanes) is 1. The van der Waals surface area contributed by atoms with Crippen LogP contribution in [0.1, 0.15) is 67.6 Å². The van der Waals surface area contributed by atoms with Crippen LogP contribution >= 0.6 is 0 Å². The monoisotopic (exact) mass is 294 g/mol. The summed E-state index contributed by atoms with van der Waals surface area (Å²) in [6, 6.07) is 16.0. The Kier molecular flexibility index (Phi) is 5.18. The van der Waals surface area contributed by atoms with E-state index in [9.17, 15) is 4.79 Å². The van der Waals surface area contributed by atoms with Gasteiger partial charge >= 0.3 is 0 Å². The second-order valence-corrected chi connectivity index (χ2v) is 6.96. The van der Waals surface area contributed by atoms with Crippen LogP contribution in [0.5, 0.6) is 0 Å². The normalized spacial score (nSPS) is 11.5. The number of hydrogen-bond donors (Lipinski definition) is 0. The zero-order valence-corrected chi connectivity index (χ0v) is 14.1. The molecule has 0 unspecified atom stereocenters. The summed E-state index contributed by atoms with van der Waals surface area (Å²) in [6.07, 6.45) is 3.48. The minimum Gasteiger partial charge on any atom is -0.289 e. The van der Waals surface area contributed by atoms with Gasteiger partial charge in [-0.3, -0.25) is 4.79 Å². The molecule has 2 aromatic carbocycles. The molecule has 0 aliphatic rings. The van der Waals surface area contributed by atoms with Crippen LogP contribution in [0.4, 0.5) is 0 Å². The lowest BCUT2D eigenvalue weighted by molar-refractivity contribution is 0.103. The Hall–Kier alpha value is -1.89. The van der Waals surface area contributed by atoms with Gasteiger partial charge in [0.1, 0.15) is 0 Å². The summed E-state index contributed by atoms with van der Waals surface area (Å²) in [4.78, 5) is 12.5. The molecule has 116 valence electrons. The Morgan fingerprint density at radius 1 is 0.864 bits per heavy atom. The minimum atomic E-state index is 0.0995. The third-order valence-electron chi connectivity index (χ3n) is 4.05. The van der Waals surface area contributed by atoms with Gasteiger partial charge in [-0.25, -0.2) is 0 Å². The summed E-state index contributed by atoms with van der Waals surface area (Å²) < 4.78 is 0. The van der Waals surface area contributed by atoms with E-state index in [1.807, 2.05) is 24.3 Å². The van der Waals surface area contributed by atoms with Gasteiger partial charge in [-0.2, -0.15) is 0 Å². The smallest absolute Gasteiger partial charge is 0.193 e. The number of aryl methyl sites for hydroxylation is 1. The molecule has 0 atom stereocenters. The predicted octanol–water partition coefficient (Wildman–Crippen LogP) is 5.56. The Morgan fingerprint density at radius 3 is 1.82 bits per heavy atom. The summed E-state index contributed by atoms with van der Waals surface area (Å²) in [5, 5.41) is 0. The fourth-order valence-corrected chi connectivity index (χ4v) is 2.49. The third-order valence-corrected chi connectivity index (χ3v) is 4.05. The zero-order valence-electron chi connectivity index (χ0n) is 14.1. The Balaban J connectivity index is 2.14. The van der Waals surface area contributed by atoms with Crippen molar-refractivity contribution in [2.24, 2.45) is 0 Å². The van der Waals surface area contributed by atoms with Gasteiger partial charge in [0.25, 0.3) is 0 Å². The van der Waals surface area contributed by atoms with Crippen molar-refractivity contribution < 1.29 is 4.79 Å². The SMILES string of the molecule is CCCCc1ccc(C(=O)c2ccc(C(C)(C)C)cc2)cc1. The molecule has 0 heterocycles. The molecule has 0 aliphatic heterocycles. The first-order valence-electron chi connectivity index (χ1n) is 8.16. The lowest BCUT2D eigenvalue weighted by Crippen LogP contribution is -2.11. The Labute approximate surface area is 134 Å². The van der Waals surface area contributed by atoms with E-state index in [-0.39, 0.29) is 11.2 Å². The van der Waals surface area contributed by atoms with E-state index in [4.69, 9.17) is 0 Å². The number of ketones is 1. The highest BCUT2D eigenvalue weighted by molar-refractivity contribution is 6.09. The van der Waals surface area contributed by atoms with Crippen LogP contribution < -0.4 is 0 Å². The molecule has 2 aromatic rings. The molecule has 0 saturated carbocycles. The van der Waals surface area contributed by atoms with Gasteiger partial charge in [-0.1, -0.05) is 82.6 Å². The number of hydrogen-bond acceptors (Lipinski definition) is 1. The molecule has 1 nitrogen and oxygen atoms in total. The molecule has 0 fully saturated rings. The molecule has 22 heavy (non-hydrogen) atoms. The molecule has 0 aromatic heterocycles. The first kappa shape index (κ1) is 16.5. The summed E-state index contributed by atoms with van der Waals surface area (Å²) >= 11 is 0. The highest BCUT2D eigenvalue weighted by Crippen LogP contribution is 2.23. The second kappa shape index (κ2) is 6.91. The molecule has 0 saturated heterocycles. The van der Waals surface area contributed by atoms with Crippen LogP contribution in [0.25, 0.3) is 0 Å². The molecular weight excluding hydrogens is 268 g/mol. The maximum atomic E-state index is 12.5. The van der Waals surface area contributed by atoms with Crippen molar-refractivity contribution in [1.29, 1.82) is 0 Å². The third kappa shape index (κ3) is 4.07. The van der Waals surface area contributed by atoms with Crippen LogP contribution in [-0.2, 0) is 11.8 Å². The maximum absolute atomic E-state index is 12.5. The van der Waals surface area contributed by atoms with E-state index in [0.29, 0.717) is 0 Å². The van der Waals surface area contributed by atoms with Crippen molar-refractivity contribution in [2.75, 3.05) is 0 Å². The number of rotatable bonds is 5. The average Bonchev–Trinajstić information content (AvgIpc) is 2.52. The van der Waals surface area contributed by atoms with Crippen molar-refractivity contribution in [2.45, 2.75) is 52.4 Å². The van der Waals surface area contributed by atoms with Gasteiger partial charge in [0.15, 0.2) is 5.78 Å². The van der Waals surface area contributed by atoms with Gasteiger partial charge in [0.05, 0.1) is 0 Å². The topological polar surface area (TPSA) is 17.1 Å². The Bertz CT molecular complexity index is 612. The van der Waals surface area contributed by atoms with E-state index in [0.717, 1.165) is 17.5 Å². The van der Waals surface area contributed by atoms with Gasteiger partial charge < -0.3 is 0 Å². The van der Waals surface area contributed by atoms with Gasteiger partial charge in [-0.15, -0.1) is 0 Å². The molecule has 0 amide bonds. The van der Waals surface area contributed by atoms with Crippen molar-refractivity contribution in [1.82, 2.24) is 0 Å². The predicted molar refractivity (Wildman–Crippen MR) is 93.6 cm³/mol. The van der Waals surface area contributed by atoms with E-state index in [1.165, 1.54) is 24.0 Å². The molecule has 0 N–H and O–H groups in total. The van der Waals surface area contributed by atoms with Crippen LogP contribution in [0, 0.1) is 0 Å². The first-order valence-corrected chi connectivity index (χ1v) is 8.16. The highest BCUT2D eigenvalue weighted by Gasteiger charge is 2.15. The van der Waals surface area contributed by atoms with Crippen molar-refractivity contribution >= 4 is 5.78 Å². The lowest BCUT2D eigenvalue weighted by Gasteiger charge is -2.19. The number of carbonyl (C=O) groups is 1. The lowest BCUT2D eigenvalue weighted by atomic mass is 9.86. The zero-order chi connectivity index (χ0) is 16.2. The molecule has 1 heteroatoms. The van der Waals surface area contributed by atoms with Crippen LogP contribution in [-0.4, -0.2) is 5.78 Å². The van der Waals surface area contributed by atoms with E-state index in [2.05, 4.69) is 52.0 Å². The van der Waals surface area contributed by atoms with E-state index >= 15 is 0 Å². The molecule has 0 bridgehead atoms. The molecular formula is C21H26O. The van der Waals surface area contributed by atoms with Crippen molar-refractivity contribution in [3.63, 3.8) is 0 Å². The summed E-state index contributed by atoms with van der Waals surface area (Å²) in [7, 11) is 0. The van der Waals surface area contributed by atoms with Crippen molar-refractivity contribution in [3.05, 3.63) is 70.8 Å². The standard InChI is InChI=1S/C21H26O/c1-5-6-7-16-8-10-17(11-9-16)20(22)18-12-14-19(15-13-18)21(2,3)4/h8-15H,5-7H2,1-4H3. The summed E-state index contributed by atoms with van der Waals surface area (Å²) in [5.74, 6) is 0.0995. The maximum Gasteiger partial charge on any atom is 0.193 e. The molecule has 0 radical (unpaired) electrons. The second-order valence-electron chi connectivity index (χ2n) is 6.96. The fourth-order valence-electron chi connectivity index (χ4n) is 2.49. The quantitative estimate of drug-likeness (QED) is 0.660. The molecule has 0 aliphatic carbocycles. The minimum absolute atomic E-state index is 0.0995. The number of carbonyl (C=O) groups excluding carboxylic acids is 1. The highest BCUT2D eigenvalue weighted by atomic mass is 16.1. The van der Waals surface area contributed by atoms with Crippen LogP contribution in [0.3, 0.4) is 0 Å². The van der Waals surface area contributed by atoms with Crippen molar-refractivity contribution in [3.8, 4) is 0 Å². The number of benzene rings is 2. The summed E-state index contributed by atoms with van der Waals surface area (Å²) in [6.45, 7) is 8.73. The van der Waals surface area contributed by atoms with E-state index in [1.54, 1.807) is 0 Å². The van der Waals surface area contributed by atoms with Gasteiger partial charge in [-0.05, 0) is 29.4 Å².